The second kappa shape index (κ2) is 3.79. The first-order valence-corrected chi connectivity index (χ1v) is 4.31. The molecule has 74 valence electrons. The van der Waals surface area contributed by atoms with Crippen molar-refractivity contribution < 1.29 is 4.74 Å². The van der Waals surface area contributed by atoms with Crippen LogP contribution in [0.3, 0.4) is 0 Å². The minimum Gasteiger partial charge on any atom is -0.380 e. The van der Waals surface area contributed by atoms with Crippen LogP contribution in [0.4, 0.5) is 5.69 Å². The van der Waals surface area contributed by atoms with Crippen LogP contribution in [0.5, 0.6) is 0 Å². The van der Waals surface area contributed by atoms with Gasteiger partial charge in [-0.15, -0.1) is 0 Å². The molecule has 0 fully saturated rings. The standard InChI is InChI=1S/C9H17N3O/c1-9(2,13-4)7-10-8-5-11-12(3)6-8/h5-6,10H,7H2,1-4H3. The second-order valence-corrected chi connectivity index (χ2v) is 3.72. The lowest BCUT2D eigenvalue weighted by atomic mass is 10.1. The van der Waals surface area contributed by atoms with E-state index in [9.17, 15) is 0 Å². The normalized spacial score (nSPS) is 11.7. The molecule has 4 nitrogen and oxygen atoms in total. The Morgan fingerprint density at radius 3 is 2.77 bits per heavy atom. The summed E-state index contributed by atoms with van der Waals surface area (Å²) < 4.78 is 7.04. The van der Waals surface area contributed by atoms with Crippen LogP contribution in [0.15, 0.2) is 12.4 Å². The number of anilines is 1. The zero-order chi connectivity index (χ0) is 9.90. The van der Waals surface area contributed by atoms with Gasteiger partial charge in [0.2, 0.25) is 0 Å². The smallest absolute Gasteiger partial charge is 0.0794 e. The van der Waals surface area contributed by atoms with Gasteiger partial charge in [0.1, 0.15) is 0 Å². The van der Waals surface area contributed by atoms with Gasteiger partial charge < -0.3 is 10.1 Å². The third kappa shape index (κ3) is 3.06. The fourth-order valence-corrected chi connectivity index (χ4v) is 0.900. The number of ether oxygens (including phenoxy) is 1. The fourth-order valence-electron chi connectivity index (χ4n) is 0.900. The van der Waals surface area contributed by atoms with Gasteiger partial charge in [0.05, 0.1) is 17.5 Å². The first kappa shape index (κ1) is 10.1. The minimum absolute atomic E-state index is 0.143. The Bertz CT molecular complexity index is 268. The summed E-state index contributed by atoms with van der Waals surface area (Å²) in [6.07, 6.45) is 3.73. The highest BCUT2D eigenvalue weighted by Gasteiger charge is 2.15. The molecule has 0 saturated heterocycles. The molecule has 0 aliphatic carbocycles. The van der Waals surface area contributed by atoms with Crippen molar-refractivity contribution in [2.45, 2.75) is 19.4 Å². The Labute approximate surface area is 78.9 Å². The monoisotopic (exact) mass is 183 g/mol. The van der Waals surface area contributed by atoms with Gasteiger partial charge in [0, 0.05) is 26.9 Å². The van der Waals surface area contributed by atoms with Gasteiger partial charge in [0.15, 0.2) is 0 Å². The molecule has 0 unspecified atom stereocenters. The second-order valence-electron chi connectivity index (χ2n) is 3.72. The van der Waals surface area contributed by atoms with Crippen LogP contribution >= 0.6 is 0 Å². The van der Waals surface area contributed by atoms with E-state index in [2.05, 4.69) is 10.4 Å². The molecule has 0 atom stereocenters. The van der Waals surface area contributed by atoms with Gasteiger partial charge in [-0.1, -0.05) is 0 Å². The van der Waals surface area contributed by atoms with Crippen molar-refractivity contribution >= 4 is 5.69 Å². The average Bonchev–Trinajstić information content (AvgIpc) is 2.48. The largest absolute Gasteiger partial charge is 0.380 e. The summed E-state index contributed by atoms with van der Waals surface area (Å²) in [7, 11) is 3.61. The Hall–Kier alpha value is -1.03. The van der Waals surface area contributed by atoms with Crippen molar-refractivity contribution in [3.63, 3.8) is 0 Å². The molecule has 1 heterocycles. The van der Waals surface area contributed by atoms with Gasteiger partial charge in [-0.25, -0.2) is 0 Å². The third-order valence-corrected chi connectivity index (χ3v) is 1.98. The number of rotatable bonds is 4. The predicted molar refractivity (Wildman–Crippen MR) is 52.8 cm³/mol. The molecular formula is C9H17N3O. The van der Waals surface area contributed by atoms with E-state index in [4.69, 9.17) is 4.74 Å². The van der Waals surface area contributed by atoms with Crippen molar-refractivity contribution in [2.75, 3.05) is 19.0 Å². The zero-order valence-corrected chi connectivity index (χ0v) is 8.66. The van der Waals surface area contributed by atoms with Gasteiger partial charge in [0.25, 0.3) is 0 Å². The van der Waals surface area contributed by atoms with E-state index in [-0.39, 0.29) is 5.60 Å². The summed E-state index contributed by atoms with van der Waals surface area (Å²) in [5, 5.41) is 7.30. The average molecular weight is 183 g/mol. The van der Waals surface area contributed by atoms with Crippen LogP contribution in [0.2, 0.25) is 0 Å². The Morgan fingerprint density at radius 1 is 1.62 bits per heavy atom. The van der Waals surface area contributed by atoms with E-state index >= 15 is 0 Å². The van der Waals surface area contributed by atoms with Crippen molar-refractivity contribution in [3.05, 3.63) is 12.4 Å². The number of hydrogen-bond donors (Lipinski definition) is 1. The molecule has 0 amide bonds. The Kier molecular flexibility index (Phi) is 2.93. The molecule has 0 bridgehead atoms. The van der Waals surface area contributed by atoms with E-state index in [1.807, 2.05) is 27.1 Å². The molecule has 0 aromatic carbocycles. The maximum atomic E-state index is 5.28. The van der Waals surface area contributed by atoms with Gasteiger partial charge in [-0.3, -0.25) is 4.68 Å². The first-order chi connectivity index (χ1) is 6.03. The Morgan fingerprint density at radius 2 is 2.31 bits per heavy atom. The third-order valence-electron chi connectivity index (χ3n) is 1.98. The van der Waals surface area contributed by atoms with Gasteiger partial charge in [-0.05, 0) is 13.8 Å². The lowest BCUT2D eigenvalue weighted by molar-refractivity contribution is 0.0344. The maximum Gasteiger partial charge on any atom is 0.0794 e. The summed E-state index contributed by atoms with van der Waals surface area (Å²) in [6, 6.07) is 0. The van der Waals surface area contributed by atoms with E-state index < -0.39 is 0 Å². The van der Waals surface area contributed by atoms with Gasteiger partial charge >= 0.3 is 0 Å². The van der Waals surface area contributed by atoms with Crippen molar-refractivity contribution in [3.8, 4) is 0 Å². The highest BCUT2D eigenvalue weighted by molar-refractivity contribution is 5.38. The molecule has 1 aromatic rings. The lowest BCUT2D eigenvalue weighted by Gasteiger charge is -2.23. The number of aromatic nitrogens is 2. The van der Waals surface area contributed by atoms with Crippen molar-refractivity contribution in [1.29, 1.82) is 0 Å². The number of methoxy groups -OCH3 is 1. The SMILES string of the molecule is COC(C)(C)CNc1cnn(C)c1. The van der Waals surface area contributed by atoms with Crippen LogP contribution in [-0.2, 0) is 11.8 Å². The molecule has 4 heteroatoms. The van der Waals surface area contributed by atoms with E-state index in [0.717, 1.165) is 12.2 Å². The van der Waals surface area contributed by atoms with E-state index in [1.54, 1.807) is 18.0 Å². The zero-order valence-electron chi connectivity index (χ0n) is 8.66. The van der Waals surface area contributed by atoms with Gasteiger partial charge in [-0.2, -0.15) is 5.10 Å². The number of nitrogens with zero attached hydrogens (tertiary/aromatic N) is 2. The number of nitrogens with one attached hydrogen (secondary N) is 1. The molecule has 0 spiro atoms. The quantitative estimate of drug-likeness (QED) is 0.763. The number of hydrogen-bond acceptors (Lipinski definition) is 3. The molecule has 0 aliphatic heterocycles. The topological polar surface area (TPSA) is 39.1 Å². The summed E-state index contributed by atoms with van der Waals surface area (Å²) in [4.78, 5) is 0. The molecular weight excluding hydrogens is 166 g/mol. The molecule has 1 aromatic heterocycles. The number of aryl methyl sites for hydroxylation is 1. The summed E-state index contributed by atoms with van der Waals surface area (Å²) in [5.41, 5.74) is 0.878. The summed E-state index contributed by atoms with van der Waals surface area (Å²) >= 11 is 0. The first-order valence-electron chi connectivity index (χ1n) is 4.31. The van der Waals surface area contributed by atoms with E-state index in [0.29, 0.717) is 0 Å². The summed E-state index contributed by atoms with van der Waals surface area (Å²) in [6.45, 7) is 4.85. The highest BCUT2D eigenvalue weighted by Crippen LogP contribution is 2.10. The maximum absolute atomic E-state index is 5.28. The van der Waals surface area contributed by atoms with Crippen LogP contribution in [0, 0.1) is 0 Å². The molecule has 1 rings (SSSR count). The van der Waals surface area contributed by atoms with Crippen LogP contribution in [-0.4, -0.2) is 29.0 Å². The molecule has 0 saturated carbocycles. The van der Waals surface area contributed by atoms with Crippen LogP contribution in [0.1, 0.15) is 13.8 Å². The minimum atomic E-state index is -0.143. The van der Waals surface area contributed by atoms with Crippen molar-refractivity contribution in [2.24, 2.45) is 7.05 Å². The molecule has 1 N–H and O–H groups in total. The molecule has 0 radical (unpaired) electrons. The highest BCUT2D eigenvalue weighted by atomic mass is 16.5. The van der Waals surface area contributed by atoms with Crippen LogP contribution in [0.25, 0.3) is 0 Å². The van der Waals surface area contributed by atoms with Crippen molar-refractivity contribution in [1.82, 2.24) is 9.78 Å². The lowest BCUT2D eigenvalue weighted by Crippen LogP contribution is -2.31. The summed E-state index contributed by atoms with van der Waals surface area (Å²) in [5.74, 6) is 0. The fraction of sp³-hybridized carbons (Fsp3) is 0.667. The molecule has 0 aliphatic rings. The van der Waals surface area contributed by atoms with Crippen LogP contribution < -0.4 is 5.32 Å². The Balaban J connectivity index is 2.43. The predicted octanol–water partition coefficient (Wildman–Crippen LogP) is 1.26. The molecule has 13 heavy (non-hydrogen) atoms. The van der Waals surface area contributed by atoms with E-state index in [1.165, 1.54) is 0 Å².